The lowest BCUT2D eigenvalue weighted by atomic mass is 9.84. The van der Waals surface area contributed by atoms with Crippen LogP contribution in [-0.2, 0) is 45.4 Å². The fourth-order valence-electron chi connectivity index (χ4n) is 11.1. The Morgan fingerprint density at radius 3 is 1.19 bits per heavy atom. The van der Waals surface area contributed by atoms with E-state index in [1.165, 1.54) is 9.36 Å². The Morgan fingerprint density at radius 1 is 0.464 bits per heavy atom. The van der Waals surface area contributed by atoms with Crippen LogP contribution in [0, 0.1) is 35.5 Å². The first-order chi connectivity index (χ1) is 40.4. The molecular formula is C66H74N6O10Si2. The molecule has 6 aromatic carbocycles. The van der Waals surface area contributed by atoms with Crippen LogP contribution >= 0.6 is 0 Å². The molecule has 6 atom stereocenters. The topological polar surface area (TPSA) is 201 Å². The Kier molecular flexibility index (Phi) is 19.7. The van der Waals surface area contributed by atoms with Gasteiger partial charge in [0.25, 0.3) is 11.1 Å². The van der Waals surface area contributed by atoms with Crippen molar-refractivity contribution in [2.24, 2.45) is 35.5 Å². The first-order valence-corrected chi connectivity index (χ1v) is 36.4. The lowest BCUT2D eigenvalue weighted by Gasteiger charge is -2.24. The summed E-state index contributed by atoms with van der Waals surface area (Å²) in [4.78, 5) is 81.0. The van der Waals surface area contributed by atoms with Gasteiger partial charge in [0.15, 0.2) is 11.6 Å². The van der Waals surface area contributed by atoms with Crippen molar-refractivity contribution in [1.29, 1.82) is 0 Å². The van der Waals surface area contributed by atoms with Crippen LogP contribution in [0.5, 0.6) is 11.5 Å². The number of rotatable bonds is 22. The largest absolute Gasteiger partial charge is 0.489 e. The van der Waals surface area contributed by atoms with Crippen LogP contribution in [-0.4, -0.2) is 82.9 Å². The first kappa shape index (κ1) is 60.4. The number of fused-ring (bicyclic) bond motifs is 2. The third-order valence-electron chi connectivity index (χ3n) is 15.8. The third-order valence-corrected chi connectivity index (χ3v) is 19.2. The minimum absolute atomic E-state index is 0.101. The van der Waals surface area contributed by atoms with E-state index in [1.807, 2.05) is 72.8 Å². The van der Waals surface area contributed by atoms with E-state index in [-0.39, 0.29) is 59.5 Å². The molecule has 0 radical (unpaired) electrons. The summed E-state index contributed by atoms with van der Waals surface area (Å²) >= 11 is 0. The number of ether oxygens (including phenoxy) is 4. The fourth-order valence-corrected chi connectivity index (χ4v) is 12.5. The van der Waals surface area contributed by atoms with Crippen molar-refractivity contribution in [1.82, 2.24) is 30.0 Å². The van der Waals surface area contributed by atoms with Crippen LogP contribution in [0.3, 0.4) is 0 Å². The van der Waals surface area contributed by atoms with E-state index in [9.17, 15) is 28.8 Å². The Labute approximate surface area is 491 Å². The second-order valence-electron chi connectivity index (χ2n) is 24.4. The molecule has 2 aliphatic carbocycles. The number of esters is 2. The molecule has 18 heteroatoms. The van der Waals surface area contributed by atoms with Gasteiger partial charge >= 0.3 is 11.9 Å². The van der Waals surface area contributed by atoms with Crippen LogP contribution < -0.4 is 20.6 Å². The highest BCUT2D eigenvalue weighted by Crippen LogP contribution is 2.42. The van der Waals surface area contributed by atoms with Gasteiger partial charge in [-0.05, 0) is 134 Å². The SMILES string of the molecule is C[Si](C)(C)CCOC(=O)[C@@H]1[C@@H](Cn2nnc3ccccc3c2=O)CC[C@H]1C(=O)c1ccc(OCc2ccccc2)cc1.C[Si](C)(C)CCOC(=O)[C@H]1[C@H](Cn2nnc3ccccc3c2=O)CC[C@@H]1C(=O)c1ccc(OCc2ccccc2)cc1. The predicted molar refractivity (Wildman–Crippen MR) is 328 cm³/mol. The maximum atomic E-state index is 13.8. The number of hydrogen-bond donors (Lipinski definition) is 0. The molecule has 16 nitrogen and oxygen atoms in total. The number of aromatic nitrogens is 6. The van der Waals surface area contributed by atoms with Gasteiger partial charge in [-0.2, -0.15) is 0 Å². The van der Waals surface area contributed by atoms with Gasteiger partial charge in [0, 0.05) is 39.1 Å². The van der Waals surface area contributed by atoms with Gasteiger partial charge in [-0.3, -0.25) is 28.8 Å². The molecule has 2 saturated carbocycles. The predicted octanol–water partition coefficient (Wildman–Crippen LogP) is 11.6. The normalized spacial score (nSPS) is 18.6. The fraction of sp³-hybridized carbons (Fsp3) is 0.364. The van der Waals surface area contributed by atoms with Crippen LogP contribution in [0.15, 0.2) is 167 Å². The average Bonchev–Trinajstić information content (AvgIpc) is 4.27. The van der Waals surface area contributed by atoms with Crippen molar-refractivity contribution in [2.75, 3.05) is 13.2 Å². The van der Waals surface area contributed by atoms with E-state index in [0.717, 1.165) is 23.2 Å². The molecule has 0 aliphatic heterocycles. The van der Waals surface area contributed by atoms with E-state index in [2.05, 4.69) is 59.9 Å². The second-order valence-corrected chi connectivity index (χ2v) is 35.7. The smallest absolute Gasteiger partial charge is 0.310 e. The Bertz CT molecular complexity index is 3440. The monoisotopic (exact) mass is 1170 g/mol. The standard InChI is InChI=1S/2C33H37N3O5Si/c2*1-42(2,3)20-19-40-33(39)30-25(21-36-32(38)27-11-7-8-12-29(27)34-35-36)15-18-28(30)31(37)24-13-16-26(17-14-24)41-22-23-9-5-4-6-10-23/h2*4-14,16-17,25,28,30H,15,18-22H2,1-3H3/t2*25-,28-,30-/m10/s1. The Balaban J connectivity index is 0.000000202. The van der Waals surface area contributed by atoms with Crippen molar-refractivity contribution in [2.45, 2.75) is 103 Å². The molecule has 0 bridgehead atoms. The Hall–Kier alpha value is -8.23. The van der Waals surface area contributed by atoms with Gasteiger partial charge in [0.05, 0.1) is 48.9 Å². The molecule has 2 heterocycles. The van der Waals surface area contributed by atoms with Crippen molar-refractivity contribution in [3.63, 3.8) is 0 Å². The number of ketones is 2. The number of Topliss-reactive ketones (excluding diaryl/α,β-unsaturated/α-hetero) is 2. The van der Waals surface area contributed by atoms with Gasteiger partial charge < -0.3 is 18.9 Å². The van der Waals surface area contributed by atoms with Crippen molar-refractivity contribution in [3.8, 4) is 11.5 Å². The van der Waals surface area contributed by atoms with Crippen LogP contribution in [0.4, 0.5) is 0 Å². The summed E-state index contributed by atoms with van der Waals surface area (Å²) in [6.07, 6.45) is 2.26. The van der Waals surface area contributed by atoms with Crippen LogP contribution in [0.2, 0.25) is 51.4 Å². The summed E-state index contributed by atoms with van der Waals surface area (Å²) in [5.74, 6) is -2.62. The van der Waals surface area contributed by atoms with Crippen molar-refractivity contribution < 1.29 is 38.1 Å². The zero-order valence-corrected chi connectivity index (χ0v) is 50.7. The quantitative estimate of drug-likeness (QED) is 0.0352. The highest BCUT2D eigenvalue weighted by Gasteiger charge is 2.47. The summed E-state index contributed by atoms with van der Waals surface area (Å²) in [5, 5.41) is 17.6. The number of hydrogen-bond acceptors (Lipinski definition) is 14. The number of nitrogens with zero attached hydrogens (tertiary/aromatic N) is 6. The van der Waals surface area contributed by atoms with E-state index in [4.69, 9.17) is 18.9 Å². The maximum Gasteiger partial charge on any atom is 0.310 e. The lowest BCUT2D eigenvalue weighted by Crippen LogP contribution is -2.36. The second kappa shape index (κ2) is 27.4. The molecule has 0 saturated heterocycles. The molecule has 0 spiro atoms. The zero-order chi connectivity index (χ0) is 59.4. The molecule has 8 aromatic rings. The lowest BCUT2D eigenvalue weighted by molar-refractivity contribution is -0.151. The molecule has 436 valence electrons. The van der Waals surface area contributed by atoms with E-state index in [0.29, 0.717) is 96.5 Å². The van der Waals surface area contributed by atoms with Crippen LogP contribution in [0.1, 0.15) is 57.5 Å². The highest BCUT2D eigenvalue weighted by atomic mass is 28.3. The molecular weight excluding hydrogens is 1090 g/mol. The minimum Gasteiger partial charge on any atom is -0.489 e. The molecule has 2 aliphatic rings. The van der Waals surface area contributed by atoms with Crippen molar-refractivity contribution >= 4 is 61.5 Å². The Morgan fingerprint density at radius 2 is 0.821 bits per heavy atom. The van der Waals surface area contributed by atoms with Gasteiger partial charge in [-0.15, -0.1) is 10.2 Å². The van der Waals surface area contributed by atoms with E-state index in [1.54, 1.807) is 84.9 Å². The summed E-state index contributed by atoms with van der Waals surface area (Å²) in [6.45, 7) is 15.3. The van der Waals surface area contributed by atoms with E-state index < -0.39 is 39.8 Å². The third kappa shape index (κ3) is 15.7. The molecule has 0 amide bonds. The summed E-state index contributed by atoms with van der Waals surface area (Å²) in [7, 11) is -2.84. The molecule has 10 rings (SSSR count). The number of carbonyl (C=O) groups excluding carboxylic acids is 4. The molecule has 0 N–H and O–H groups in total. The molecule has 84 heavy (non-hydrogen) atoms. The van der Waals surface area contributed by atoms with Gasteiger partial charge in [-0.1, -0.05) is 135 Å². The summed E-state index contributed by atoms with van der Waals surface area (Å²) in [6, 6.07) is 49.7. The highest BCUT2D eigenvalue weighted by molar-refractivity contribution is 6.76. The molecule has 2 fully saturated rings. The summed E-state index contributed by atoms with van der Waals surface area (Å²) in [5.41, 5.74) is 3.69. The first-order valence-electron chi connectivity index (χ1n) is 29.0. The van der Waals surface area contributed by atoms with Gasteiger partial charge in [-0.25, -0.2) is 9.36 Å². The average molecular weight is 1170 g/mol. The maximum absolute atomic E-state index is 13.8. The zero-order valence-electron chi connectivity index (χ0n) is 48.7. The molecule has 2 aromatic heterocycles. The minimum atomic E-state index is -1.42. The number of carbonyl (C=O) groups is 4. The van der Waals surface area contributed by atoms with Crippen LogP contribution in [0.25, 0.3) is 21.8 Å². The molecule has 0 unspecified atom stereocenters. The van der Waals surface area contributed by atoms with E-state index >= 15 is 0 Å². The number of benzene rings is 6. The van der Waals surface area contributed by atoms with Crippen molar-refractivity contribution in [3.05, 3.63) is 201 Å². The van der Waals surface area contributed by atoms with Gasteiger partial charge in [0.1, 0.15) is 35.7 Å². The summed E-state index contributed by atoms with van der Waals surface area (Å²) < 4.78 is 26.0. The van der Waals surface area contributed by atoms with Gasteiger partial charge in [0.2, 0.25) is 0 Å².